The Morgan fingerprint density at radius 2 is 2.18 bits per heavy atom. The summed E-state index contributed by atoms with van der Waals surface area (Å²) >= 11 is 6.14. The van der Waals surface area contributed by atoms with E-state index in [0.717, 1.165) is 30.9 Å². The smallest absolute Gasteiger partial charge is 0.152 e. The average Bonchev–Trinajstić information content (AvgIpc) is 2.57. The molecule has 0 bridgehead atoms. The predicted molar refractivity (Wildman–Crippen MR) is 69.5 cm³/mol. The van der Waals surface area contributed by atoms with Gasteiger partial charge in [-0.3, -0.25) is 9.48 Å². The predicted octanol–water partition coefficient (Wildman–Crippen LogP) is 1.98. The third kappa shape index (κ3) is 3.82. The van der Waals surface area contributed by atoms with E-state index in [4.69, 9.17) is 11.6 Å². The van der Waals surface area contributed by atoms with Gasteiger partial charge in [-0.15, -0.1) is 0 Å². The Morgan fingerprint density at radius 1 is 1.47 bits per heavy atom. The fraction of sp³-hybridized carbons (Fsp3) is 0.667. The summed E-state index contributed by atoms with van der Waals surface area (Å²) < 4.78 is 1.80. The zero-order valence-electron chi connectivity index (χ0n) is 10.7. The Bertz CT molecular complexity index is 387. The number of carbonyl (C=O) groups is 1. The van der Waals surface area contributed by atoms with Gasteiger partial charge < -0.3 is 5.32 Å². The molecule has 0 amide bonds. The molecule has 0 atom stereocenters. The second-order valence-electron chi connectivity index (χ2n) is 4.05. The largest absolute Gasteiger partial charge is 0.310 e. The van der Waals surface area contributed by atoms with E-state index in [1.165, 1.54) is 0 Å². The fourth-order valence-corrected chi connectivity index (χ4v) is 1.89. The van der Waals surface area contributed by atoms with E-state index < -0.39 is 0 Å². The van der Waals surface area contributed by atoms with Crippen LogP contribution in [0.15, 0.2) is 0 Å². The quantitative estimate of drug-likeness (QED) is 0.760. The molecule has 0 aliphatic heterocycles. The van der Waals surface area contributed by atoms with Crippen LogP contribution >= 0.6 is 11.6 Å². The minimum atomic E-state index is 0.148. The van der Waals surface area contributed by atoms with Crippen LogP contribution in [0.4, 0.5) is 0 Å². The van der Waals surface area contributed by atoms with Crippen molar-refractivity contribution >= 4 is 17.4 Å². The fourth-order valence-electron chi connectivity index (χ4n) is 1.69. The van der Waals surface area contributed by atoms with Gasteiger partial charge in [0.1, 0.15) is 0 Å². The lowest BCUT2D eigenvalue weighted by molar-refractivity contribution is -0.117. The molecule has 17 heavy (non-hydrogen) atoms. The molecule has 5 heteroatoms. The molecule has 4 nitrogen and oxygen atoms in total. The van der Waals surface area contributed by atoms with Gasteiger partial charge in [0.05, 0.1) is 29.4 Å². The van der Waals surface area contributed by atoms with Crippen LogP contribution in [-0.4, -0.2) is 28.7 Å². The molecular formula is C12H20ClN3O. The number of ketones is 1. The number of nitrogens with one attached hydrogen (secondary N) is 1. The number of rotatable bonds is 7. The minimum Gasteiger partial charge on any atom is -0.310 e. The maximum Gasteiger partial charge on any atom is 0.152 e. The molecule has 0 aliphatic rings. The molecule has 1 aromatic heterocycles. The van der Waals surface area contributed by atoms with Crippen LogP contribution in [0, 0.1) is 6.92 Å². The first-order valence-electron chi connectivity index (χ1n) is 6.04. The Hall–Kier alpha value is -0.870. The monoisotopic (exact) mass is 257 g/mol. The van der Waals surface area contributed by atoms with Gasteiger partial charge in [0.25, 0.3) is 0 Å². The Kier molecular flexibility index (Phi) is 5.65. The Balaban J connectivity index is 2.64. The van der Waals surface area contributed by atoms with Crippen molar-refractivity contribution < 1.29 is 4.79 Å². The lowest BCUT2D eigenvalue weighted by Gasteiger charge is -2.05. The molecule has 0 aromatic carbocycles. The summed E-state index contributed by atoms with van der Waals surface area (Å²) in [6.07, 6.45) is 1.38. The van der Waals surface area contributed by atoms with Crippen LogP contribution in [0.5, 0.6) is 0 Å². The highest BCUT2D eigenvalue weighted by Gasteiger charge is 2.15. The van der Waals surface area contributed by atoms with Crippen LogP contribution in [0.25, 0.3) is 0 Å². The second kappa shape index (κ2) is 6.77. The van der Waals surface area contributed by atoms with Crippen LogP contribution in [0.2, 0.25) is 5.02 Å². The van der Waals surface area contributed by atoms with E-state index in [-0.39, 0.29) is 5.78 Å². The molecule has 0 saturated carbocycles. The third-order valence-electron chi connectivity index (χ3n) is 2.57. The van der Waals surface area contributed by atoms with E-state index in [9.17, 15) is 4.79 Å². The zero-order valence-corrected chi connectivity index (χ0v) is 11.5. The number of halogens is 1. The Morgan fingerprint density at radius 3 is 2.76 bits per heavy atom. The van der Waals surface area contributed by atoms with Gasteiger partial charge in [0.2, 0.25) is 0 Å². The number of hydrogen-bond donors (Lipinski definition) is 1. The zero-order chi connectivity index (χ0) is 12.8. The van der Waals surface area contributed by atoms with E-state index in [1.807, 2.05) is 13.8 Å². The summed E-state index contributed by atoms with van der Waals surface area (Å²) in [5.74, 6) is 0.148. The minimum absolute atomic E-state index is 0.148. The van der Waals surface area contributed by atoms with Crippen LogP contribution in [-0.2, 0) is 17.8 Å². The molecule has 0 fully saturated rings. The topological polar surface area (TPSA) is 46.9 Å². The number of hydrogen-bond acceptors (Lipinski definition) is 3. The van der Waals surface area contributed by atoms with Crippen molar-refractivity contribution in [1.82, 2.24) is 15.1 Å². The van der Waals surface area contributed by atoms with Gasteiger partial charge in [-0.25, -0.2) is 0 Å². The highest BCUT2D eigenvalue weighted by Crippen LogP contribution is 2.20. The number of aromatic nitrogens is 2. The van der Waals surface area contributed by atoms with Crippen LogP contribution in [0.3, 0.4) is 0 Å². The lowest BCUT2D eigenvalue weighted by atomic mass is 10.2. The molecule has 96 valence electrons. The second-order valence-corrected chi connectivity index (χ2v) is 4.43. The van der Waals surface area contributed by atoms with E-state index >= 15 is 0 Å². The summed E-state index contributed by atoms with van der Waals surface area (Å²) in [5, 5.41) is 8.01. The maximum atomic E-state index is 11.8. The van der Waals surface area contributed by atoms with E-state index in [0.29, 0.717) is 18.0 Å². The first kappa shape index (κ1) is 14.2. The van der Waals surface area contributed by atoms with Crippen LogP contribution < -0.4 is 5.32 Å². The normalized spacial score (nSPS) is 10.8. The van der Waals surface area contributed by atoms with E-state index in [2.05, 4.69) is 17.3 Å². The molecule has 0 aliphatic carbocycles. The number of carbonyl (C=O) groups excluding carboxylic acids is 1. The van der Waals surface area contributed by atoms with Gasteiger partial charge in [0, 0.05) is 6.54 Å². The van der Waals surface area contributed by atoms with Crippen molar-refractivity contribution in [2.24, 2.45) is 0 Å². The molecule has 1 heterocycles. The first-order valence-corrected chi connectivity index (χ1v) is 6.42. The summed E-state index contributed by atoms with van der Waals surface area (Å²) in [4.78, 5) is 11.8. The molecular weight excluding hydrogens is 238 g/mol. The first-order chi connectivity index (χ1) is 8.10. The molecule has 0 saturated heterocycles. The standard InChI is InChI=1S/C12H20ClN3O/c1-4-6-14-8-10(17)7-11-12(13)9(3)15-16(11)5-2/h14H,4-8H2,1-3H3. The third-order valence-corrected chi connectivity index (χ3v) is 3.06. The highest BCUT2D eigenvalue weighted by molar-refractivity contribution is 6.32. The van der Waals surface area contributed by atoms with Gasteiger partial charge in [-0.1, -0.05) is 18.5 Å². The van der Waals surface area contributed by atoms with Crippen molar-refractivity contribution in [3.63, 3.8) is 0 Å². The van der Waals surface area contributed by atoms with Gasteiger partial charge >= 0.3 is 0 Å². The number of Topliss-reactive ketones (excluding diaryl/α,β-unsaturated/α-hetero) is 1. The van der Waals surface area contributed by atoms with Crippen molar-refractivity contribution in [2.75, 3.05) is 13.1 Å². The molecule has 1 N–H and O–H groups in total. The van der Waals surface area contributed by atoms with Crippen molar-refractivity contribution in [2.45, 2.75) is 40.2 Å². The summed E-state index contributed by atoms with van der Waals surface area (Å²) in [5.41, 5.74) is 1.62. The highest BCUT2D eigenvalue weighted by atomic mass is 35.5. The SMILES string of the molecule is CCCNCC(=O)Cc1c(Cl)c(C)nn1CC. The average molecular weight is 258 g/mol. The van der Waals surface area contributed by atoms with Crippen molar-refractivity contribution in [1.29, 1.82) is 0 Å². The summed E-state index contributed by atoms with van der Waals surface area (Å²) in [7, 11) is 0. The van der Waals surface area contributed by atoms with E-state index in [1.54, 1.807) is 4.68 Å². The molecule has 1 rings (SSSR count). The Labute approximate surface area is 107 Å². The van der Waals surface area contributed by atoms with Crippen molar-refractivity contribution in [3.05, 3.63) is 16.4 Å². The maximum absolute atomic E-state index is 11.8. The molecule has 0 unspecified atom stereocenters. The molecule has 0 spiro atoms. The number of aryl methyl sites for hydroxylation is 2. The molecule has 0 radical (unpaired) electrons. The summed E-state index contributed by atoms with van der Waals surface area (Å²) in [6, 6.07) is 0. The van der Waals surface area contributed by atoms with Gasteiger partial charge in [0.15, 0.2) is 5.78 Å². The lowest BCUT2D eigenvalue weighted by Crippen LogP contribution is -2.25. The molecule has 1 aromatic rings. The van der Waals surface area contributed by atoms with Crippen molar-refractivity contribution in [3.8, 4) is 0 Å². The number of nitrogens with zero attached hydrogens (tertiary/aromatic N) is 2. The van der Waals surface area contributed by atoms with Crippen LogP contribution in [0.1, 0.15) is 31.7 Å². The summed E-state index contributed by atoms with van der Waals surface area (Å²) in [6.45, 7) is 7.93. The van der Waals surface area contributed by atoms with Gasteiger partial charge in [-0.2, -0.15) is 5.10 Å². The van der Waals surface area contributed by atoms with Gasteiger partial charge in [-0.05, 0) is 26.8 Å².